The highest BCUT2D eigenvalue weighted by molar-refractivity contribution is 5.91. The maximum Gasteiger partial charge on any atom is 0.145 e. The molecule has 1 aromatic heterocycles. The van der Waals surface area contributed by atoms with Crippen LogP contribution in [0.3, 0.4) is 0 Å². The topological polar surface area (TPSA) is 17.8 Å². The van der Waals surface area contributed by atoms with Crippen LogP contribution < -0.4 is 0 Å². The van der Waals surface area contributed by atoms with Crippen LogP contribution in [0.15, 0.2) is 170 Å². The third-order valence-corrected chi connectivity index (χ3v) is 11.2. The Morgan fingerprint density at radius 1 is 0.627 bits per heavy atom. The first-order chi connectivity index (χ1) is 24.9. The van der Waals surface area contributed by atoms with Crippen LogP contribution in [0.4, 0.5) is 0 Å². The fourth-order valence-corrected chi connectivity index (χ4v) is 8.84. The van der Waals surface area contributed by atoms with Gasteiger partial charge in [-0.2, -0.15) is 0 Å². The number of imidazole rings is 1. The smallest absolute Gasteiger partial charge is 0.145 e. The van der Waals surface area contributed by atoms with E-state index in [9.17, 15) is 0 Å². The lowest BCUT2D eigenvalue weighted by atomic mass is 9.66. The van der Waals surface area contributed by atoms with Crippen molar-refractivity contribution in [2.24, 2.45) is 0 Å². The van der Waals surface area contributed by atoms with E-state index in [4.69, 9.17) is 4.98 Å². The molecule has 0 bridgehead atoms. The number of benzene rings is 6. The zero-order chi connectivity index (χ0) is 34.7. The second kappa shape index (κ2) is 11.8. The Hall–Kier alpha value is -5.99. The number of aromatic nitrogens is 2. The Morgan fingerprint density at radius 2 is 1.27 bits per heavy atom. The number of nitrogens with zero attached hydrogens (tertiary/aromatic N) is 2. The Bertz CT molecular complexity index is 2560. The molecule has 0 amide bonds. The van der Waals surface area contributed by atoms with E-state index in [0.29, 0.717) is 0 Å². The lowest BCUT2D eigenvalue weighted by molar-refractivity contribution is 0.655. The van der Waals surface area contributed by atoms with E-state index in [2.05, 4.69) is 189 Å². The van der Waals surface area contributed by atoms with Crippen LogP contribution >= 0.6 is 0 Å². The van der Waals surface area contributed by atoms with Crippen molar-refractivity contribution in [1.82, 2.24) is 9.55 Å². The average Bonchev–Trinajstić information content (AvgIpc) is 3.78. The van der Waals surface area contributed by atoms with Crippen LogP contribution in [-0.4, -0.2) is 9.55 Å². The van der Waals surface area contributed by atoms with Crippen molar-refractivity contribution in [1.29, 1.82) is 0 Å². The van der Waals surface area contributed by atoms with Crippen LogP contribution in [0.1, 0.15) is 60.6 Å². The van der Waals surface area contributed by atoms with Gasteiger partial charge in [-0.1, -0.05) is 160 Å². The monoisotopic (exact) mass is 656 g/mol. The second-order valence-corrected chi connectivity index (χ2v) is 14.3. The van der Waals surface area contributed by atoms with Gasteiger partial charge in [0.15, 0.2) is 0 Å². The van der Waals surface area contributed by atoms with Gasteiger partial charge in [-0.3, -0.25) is 4.57 Å². The molecule has 0 aliphatic heterocycles. The zero-order valence-corrected chi connectivity index (χ0v) is 29.4. The Morgan fingerprint density at radius 3 is 2.08 bits per heavy atom. The van der Waals surface area contributed by atoms with Gasteiger partial charge < -0.3 is 0 Å². The standard InChI is InChI=1S/C49H40N2/c1-5-6-7-9-18-33(2)51-46-26-17-16-25-45(46)50-47(51)34-27-29-40-38-22-13-15-24-42(38)49(44(40)31-34,35-19-10-8-11-20-35)36-28-30-39-37-21-12-14-23-41(37)48(3,4)43(39)32-36/h5-6,8-32H,2,7H2,1,3-4H3/b6-5-,18-9-. The van der Waals surface area contributed by atoms with Gasteiger partial charge in [0.05, 0.1) is 16.4 Å². The largest absolute Gasteiger partial charge is 0.293 e. The van der Waals surface area contributed by atoms with Crippen molar-refractivity contribution in [3.05, 3.63) is 204 Å². The molecule has 0 saturated carbocycles. The molecule has 246 valence electrons. The van der Waals surface area contributed by atoms with E-state index < -0.39 is 5.41 Å². The van der Waals surface area contributed by atoms with Crippen molar-refractivity contribution >= 4 is 16.7 Å². The molecule has 51 heavy (non-hydrogen) atoms. The van der Waals surface area contributed by atoms with Gasteiger partial charge in [-0.25, -0.2) is 4.98 Å². The number of rotatable bonds is 7. The predicted octanol–water partition coefficient (Wildman–Crippen LogP) is 12.4. The maximum atomic E-state index is 5.26. The summed E-state index contributed by atoms with van der Waals surface area (Å²) in [5.41, 5.74) is 16.4. The summed E-state index contributed by atoms with van der Waals surface area (Å²) in [5.74, 6) is 0.892. The highest BCUT2D eigenvalue weighted by atomic mass is 15.1. The van der Waals surface area contributed by atoms with Gasteiger partial charge in [0.25, 0.3) is 0 Å². The molecule has 0 spiro atoms. The first-order valence-electron chi connectivity index (χ1n) is 17.9. The molecule has 1 unspecified atom stereocenters. The van der Waals surface area contributed by atoms with Gasteiger partial charge >= 0.3 is 0 Å². The highest BCUT2D eigenvalue weighted by Gasteiger charge is 2.47. The lowest BCUT2D eigenvalue weighted by Gasteiger charge is -2.35. The maximum absolute atomic E-state index is 5.26. The van der Waals surface area contributed by atoms with Crippen molar-refractivity contribution < 1.29 is 0 Å². The molecule has 1 heterocycles. The van der Waals surface area contributed by atoms with Crippen molar-refractivity contribution in [2.45, 2.75) is 38.0 Å². The number of para-hydroxylation sites is 2. The van der Waals surface area contributed by atoms with Gasteiger partial charge in [0, 0.05) is 16.7 Å². The summed E-state index contributed by atoms with van der Waals surface area (Å²) in [5, 5.41) is 0. The number of fused-ring (bicyclic) bond motifs is 7. The molecular weight excluding hydrogens is 617 g/mol. The van der Waals surface area contributed by atoms with Crippen LogP contribution in [0, 0.1) is 0 Å². The van der Waals surface area contributed by atoms with E-state index in [1.807, 2.05) is 6.92 Å². The number of hydrogen-bond acceptors (Lipinski definition) is 1. The number of hydrogen-bond donors (Lipinski definition) is 0. The Labute approximate surface area is 300 Å². The normalized spacial score (nSPS) is 16.8. The highest BCUT2D eigenvalue weighted by Crippen LogP contribution is 2.58. The predicted molar refractivity (Wildman–Crippen MR) is 214 cm³/mol. The summed E-state index contributed by atoms with van der Waals surface area (Å²) >= 11 is 0. The molecule has 0 fully saturated rings. The third-order valence-electron chi connectivity index (χ3n) is 11.2. The van der Waals surface area contributed by atoms with Crippen LogP contribution in [0.2, 0.25) is 0 Å². The van der Waals surface area contributed by atoms with Gasteiger partial charge in [-0.15, -0.1) is 0 Å². The first-order valence-corrected chi connectivity index (χ1v) is 17.9. The summed E-state index contributed by atoms with van der Waals surface area (Å²) in [6, 6.07) is 51.6. The van der Waals surface area contributed by atoms with Crippen LogP contribution in [-0.2, 0) is 10.8 Å². The molecule has 0 N–H and O–H groups in total. The second-order valence-electron chi connectivity index (χ2n) is 14.3. The zero-order valence-electron chi connectivity index (χ0n) is 29.4. The molecule has 6 aromatic carbocycles. The number of allylic oxidation sites excluding steroid dienone is 5. The minimum Gasteiger partial charge on any atom is -0.293 e. The molecule has 7 aromatic rings. The molecule has 2 aliphatic rings. The van der Waals surface area contributed by atoms with Gasteiger partial charge in [0.2, 0.25) is 0 Å². The van der Waals surface area contributed by atoms with E-state index in [-0.39, 0.29) is 5.41 Å². The summed E-state index contributed by atoms with van der Waals surface area (Å²) in [6.45, 7) is 11.3. The fourth-order valence-electron chi connectivity index (χ4n) is 8.84. The molecule has 0 saturated heterocycles. The molecule has 2 aliphatic carbocycles. The third kappa shape index (κ3) is 4.53. The summed E-state index contributed by atoms with van der Waals surface area (Å²) in [6.07, 6.45) is 9.36. The fraction of sp³-hybridized carbons (Fsp3) is 0.122. The molecule has 2 heteroatoms. The molecule has 1 atom stereocenters. The summed E-state index contributed by atoms with van der Waals surface area (Å²) < 4.78 is 2.21. The van der Waals surface area contributed by atoms with Crippen molar-refractivity contribution in [3.63, 3.8) is 0 Å². The van der Waals surface area contributed by atoms with Crippen LogP contribution in [0.5, 0.6) is 0 Å². The molecular formula is C49H40N2. The molecule has 9 rings (SSSR count). The Kier molecular flexibility index (Phi) is 7.19. The summed E-state index contributed by atoms with van der Waals surface area (Å²) in [7, 11) is 0. The van der Waals surface area contributed by atoms with Crippen molar-refractivity contribution in [3.8, 4) is 33.6 Å². The lowest BCUT2D eigenvalue weighted by Crippen LogP contribution is -2.29. The van der Waals surface area contributed by atoms with Crippen LogP contribution in [0.25, 0.3) is 50.4 Å². The van der Waals surface area contributed by atoms with Gasteiger partial charge in [-0.05, 0) is 93.3 Å². The molecule has 0 radical (unpaired) electrons. The minimum atomic E-state index is -0.538. The summed E-state index contributed by atoms with van der Waals surface area (Å²) in [4.78, 5) is 5.26. The Balaban J connectivity index is 1.31. The minimum absolute atomic E-state index is 0.117. The van der Waals surface area contributed by atoms with Crippen molar-refractivity contribution in [2.75, 3.05) is 0 Å². The first kappa shape index (κ1) is 31.0. The SMILES string of the molecule is C=C(/C=C\C/C=C\C)n1c(-c2ccc3c(c2)C(c2ccccc2)(c2ccc4c(c2)C(C)(C)c2ccccc2-4)c2ccccc2-3)nc2ccccc21. The van der Waals surface area contributed by atoms with E-state index in [0.717, 1.165) is 34.5 Å². The van der Waals surface area contributed by atoms with E-state index in [1.54, 1.807) is 0 Å². The van der Waals surface area contributed by atoms with E-state index in [1.165, 1.54) is 55.6 Å². The quantitative estimate of drug-likeness (QED) is 0.123. The molecule has 2 nitrogen and oxygen atoms in total. The average molecular weight is 657 g/mol. The van der Waals surface area contributed by atoms with Gasteiger partial charge in [0.1, 0.15) is 5.82 Å². The van der Waals surface area contributed by atoms with E-state index >= 15 is 0 Å².